The number of hydrogen-bond acceptors (Lipinski definition) is 2. The van der Waals surface area contributed by atoms with Crippen molar-refractivity contribution in [3.63, 3.8) is 0 Å². The summed E-state index contributed by atoms with van der Waals surface area (Å²) in [6.45, 7) is 1.91. The van der Waals surface area contributed by atoms with Crippen LogP contribution >= 0.6 is 11.6 Å². The summed E-state index contributed by atoms with van der Waals surface area (Å²) in [5.41, 5.74) is 0.0641. The van der Waals surface area contributed by atoms with Crippen LogP contribution in [0.15, 0.2) is 18.2 Å². The summed E-state index contributed by atoms with van der Waals surface area (Å²) < 4.78 is 13.6. The third kappa shape index (κ3) is 2.90. The molecule has 1 aliphatic heterocycles. The lowest BCUT2D eigenvalue weighted by molar-refractivity contribution is 0.0933. The van der Waals surface area contributed by atoms with Gasteiger partial charge < -0.3 is 5.32 Å². The van der Waals surface area contributed by atoms with Gasteiger partial charge in [-0.25, -0.2) is 4.39 Å². The van der Waals surface area contributed by atoms with Gasteiger partial charge in [-0.2, -0.15) is 0 Å². The Morgan fingerprint density at radius 3 is 2.84 bits per heavy atom. The fraction of sp³-hybridized carbons (Fsp3) is 0.500. The average Bonchev–Trinajstić information content (AvgIpc) is 3.10. The van der Waals surface area contributed by atoms with E-state index in [4.69, 9.17) is 11.6 Å². The van der Waals surface area contributed by atoms with Crippen LogP contribution in [0, 0.1) is 5.82 Å². The molecule has 3 nitrogen and oxygen atoms in total. The van der Waals surface area contributed by atoms with Crippen LogP contribution < -0.4 is 5.32 Å². The lowest BCUT2D eigenvalue weighted by atomic mass is 10.1. The minimum absolute atomic E-state index is 0.0641. The summed E-state index contributed by atoms with van der Waals surface area (Å²) >= 11 is 5.67. The van der Waals surface area contributed by atoms with Crippen LogP contribution in [0.3, 0.4) is 0 Å². The number of amides is 1. The molecule has 0 spiro atoms. The van der Waals surface area contributed by atoms with Crippen molar-refractivity contribution >= 4 is 17.5 Å². The highest BCUT2D eigenvalue weighted by Gasteiger charge is 2.34. The Kier molecular flexibility index (Phi) is 3.46. The molecular formula is C14H16ClFN2O. The summed E-state index contributed by atoms with van der Waals surface area (Å²) in [7, 11) is 0. The van der Waals surface area contributed by atoms with E-state index < -0.39 is 5.82 Å². The van der Waals surface area contributed by atoms with Crippen molar-refractivity contribution in [2.75, 3.05) is 13.1 Å². The number of halogens is 2. The van der Waals surface area contributed by atoms with Gasteiger partial charge in [0.25, 0.3) is 5.91 Å². The number of carbonyl (C=O) groups is 1. The van der Waals surface area contributed by atoms with Crippen molar-refractivity contribution in [3.8, 4) is 0 Å². The maximum absolute atomic E-state index is 13.6. The van der Waals surface area contributed by atoms with E-state index in [0.29, 0.717) is 11.1 Å². The maximum Gasteiger partial charge on any atom is 0.254 e. The fourth-order valence-electron chi connectivity index (χ4n) is 2.61. The van der Waals surface area contributed by atoms with E-state index in [0.717, 1.165) is 19.5 Å². The number of nitrogens with zero attached hydrogens (tertiary/aromatic N) is 1. The zero-order valence-electron chi connectivity index (χ0n) is 10.5. The molecular weight excluding hydrogens is 267 g/mol. The predicted molar refractivity (Wildman–Crippen MR) is 71.9 cm³/mol. The molecule has 1 N–H and O–H groups in total. The summed E-state index contributed by atoms with van der Waals surface area (Å²) in [5, 5.41) is 3.21. The number of carbonyl (C=O) groups excluding carboxylic acids is 1. The largest absolute Gasteiger partial charge is 0.348 e. The molecule has 1 saturated carbocycles. The third-order valence-corrected chi connectivity index (χ3v) is 4.03. The molecule has 2 aliphatic rings. The zero-order chi connectivity index (χ0) is 13.4. The lowest BCUT2D eigenvalue weighted by Crippen LogP contribution is -2.37. The highest BCUT2D eigenvalue weighted by molar-refractivity contribution is 6.30. The second-order valence-electron chi connectivity index (χ2n) is 5.31. The minimum Gasteiger partial charge on any atom is -0.348 e. The van der Waals surface area contributed by atoms with Crippen LogP contribution in [0.4, 0.5) is 4.39 Å². The van der Waals surface area contributed by atoms with Crippen molar-refractivity contribution in [3.05, 3.63) is 34.6 Å². The van der Waals surface area contributed by atoms with Gasteiger partial charge in [0.15, 0.2) is 0 Å². The van der Waals surface area contributed by atoms with E-state index >= 15 is 0 Å². The van der Waals surface area contributed by atoms with Crippen molar-refractivity contribution in [1.82, 2.24) is 10.2 Å². The number of hydrogen-bond donors (Lipinski definition) is 1. The Morgan fingerprint density at radius 1 is 1.37 bits per heavy atom. The van der Waals surface area contributed by atoms with Crippen molar-refractivity contribution < 1.29 is 9.18 Å². The van der Waals surface area contributed by atoms with Crippen LogP contribution in [0.1, 0.15) is 29.6 Å². The van der Waals surface area contributed by atoms with Crippen LogP contribution in [0.5, 0.6) is 0 Å². The number of nitrogens with one attached hydrogen (secondary N) is 1. The minimum atomic E-state index is -0.568. The molecule has 3 rings (SSSR count). The van der Waals surface area contributed by atoms with Crippen molar-refractivity contribution in [2.45, 2.75) is 31.3 Å². The number of rotatable bonds is 3. The monoisotopic (exact) mass is 282 g/mol. The standard InChI is InChI=1S/C14H16ClFN2O/c15-9-1-4-12(13(16)7-9)14(19)17-10-5-6-18(8-10)11-2-3-11/h1,4,7,10-11H,2-3,5-6,8H2,(H,17,19). The fourth-order valence-corrected chi connectivity index (χ4v) is 2.77. The summed E-state index contributed by atoms with van der Waals surface area (Å²) in [6, 6.07) is 4.98. The van der Waals surface area contributed by atoms with Gasteiger partial charge in [-0.05, 0) is 37.5 Å². The highest BCUT2D eigenvalue weighted by Crippen LogP contribution is 2.29. The van der Waals surface area contributed by atoms with E-state index in [1.807, 2.05) is 0 Å². The molecule has 1 aliphatic carbocycles. The van der Waals surface area contributed by atoms with Crippen molar-refractivity contribution in [1.29, 1.82) is 0 Å². The second kappa shape index (κ2) is 5.10. The molecule has 1 heterocycles. The predicted octanol–water partition coefficient (Wildman–Crippen LogP) is 2.45. The quantitative estimate of drug-likeness (QED) is 0.924. The Balaban J connectivity index is 1.61. The van der Waals surface area contributed by atoms with Crippen LogP contribution in [-0.4, -0.2) is 36.0 Å². The van der Waals surface area contributed by atoms with Gasteiger partial charge >= 0.3 is 0 Å². The average molecular weight is 283 g/mol. The van der Waals surface area contributed by atoms with E-state index in [9.17, 15) is 9.18 Å². The molecule has 1 aromatic carbocycles. The SMILES string of the molecule is O=C(NC1CCN(C2CC2)C1)c1ccc(Cl)cc1F. The Bertz CT molecular complexity index is 504. The van der Waals surface area contributed by atoms with Gasteiger partial charge in [-0.3, -0.25) is 9.69 Å². The Morgan fingerprint density at radius 2 is 2.16 bits per heavy atom. The molecule has 1 unspecified atom stereocenters. The van der Waals surface area contributed by atoms with Crippen LogP contribution in [0.25, 0.3) is 0 Å². The molecule has 5 heteroatoms. The van der Waals surface area contributed by atoms with Gasteiger partial charge in [0, 0.05) is 30.2 Å². The summed E-state index contributed by atoms with van der Waals surface area (Å²) in [5.74, 6) is -0.918. The number of likely N-dealkylation sites (tertiary alicyclic amines) is 1. The first-order chi connectivity index (χ1) is 9.13. The topological polar surface area (TPSA) is 32.3 Å². The smallest absolute Gasteiger partial charge is 0.254 e. The van der Waals surface area contributed by atoms with Crippen LogP contribution in [-0.2, 0) is 0 Å². The highest BCUT2D eigenvalue weighted by atomic mass is 35.5. The molecule has 1 saturated heterocycles. The van der Waals surface area contributed by atoms with Gasteiger partial charge in [-0.1, -0.05) is 11.6 Å². The first kappa shape index (κ1) is 12.9. The second-order valence-corrected chi connectivity index (χ2v) is 5.75. The third-order valence-electron chi connectivity index (χ3n) is 3.79. The zero-order valence-corrected chi connectivity index (χ0v) is 11.3. The molecule has 1 atom stereocenters. The number of benzene rings is 1. The first-order valence-corrected chi connectivity index (χ1v) is 7.01. The molecule has 1 aromatic rings. The van der Waals surface area contributed by atoms with E-state index in [1.54, 1.807) is 0 Å². The van der Waals surface area contributed by atoms with Crippen molar-refractivity contribution in [2.24, 2.45) is 0 Å². The van der Waals surface area contributed by atoms with Gasteiger partial charge in [0.1, 0.15) is 5.82 Å². The van der Waals surface area contributed by atoms with Gasteiger partial charge in [-0.15, -0.1) is 0 Å². The van der Waals surface area contributed by atoms with Gasteiger partial charge in [0.05, 0.1) is 5.56 Å². The summed E-state index contributed by atoms with van der Waals surface area (Å²) in [6.07, 6.45) is 3.48. The molecule has 0 bridgehead atoms. The lowest BCUT2D eigenvalue weighted by Gasteiger charge is -2.16. The molecule has 1 amide bonds. The van der Waals surface area contributed by atoms with E-state index in [1.165, 1.54) is 31.0 Å². The first-order valence-electron chi connectivity index (χ1n) is 6.63. The summed E-state index contributed by atoms with van der Waals surface area (Å²) in [4.78, 5) is 14.4. The molecule has 102 valence electrons. The van der Waals surface area contributed by atoms with Crippen LogP contribution in [0.2, 0.25) is 5.02 Å². The molecule has 0 radical (unpaired) electrons. The van der Waals surface area contributed by atoms with E-state index in [-0.39, 0.29) is 17.5 Å². The van der Waals surface area contributed by atoms with Gasteiger partial charge in [0.2, 0.25) is 0 Å². The Labute approximate surface area is 116 Å². The molecule has 2 fully saturated rings. The normalized spacial score (nSPS) is 23.6. The maximum atomic E-state index is 13.6. The van der Waals surface area contributed by atoms with E-state index in [2.05, 4.69) is 10.2 Å². The molecule has 19 heavy (non-hydrogen) atoms. The Hall–Kier alpha value is -1.13. The molecule has 0 aromatic heterocycles.